The van der Waals surface area contributed by atoms with Gasteiger partial charge in [-0.25, -0.2) is 14.4 Å². The Labute approximate surface area is 161 Å². The smallest absolute Gasteiger partial charge is 0.344 e. The number of nitro groups is 1. The van der Waals surface area contributed by atoms with Gasteiger partial charge in [-0.2, -0.15) is 0 Å². The first-order valence-corrected chi connectivity index (χ1v) is 8.73. The molecule has 0 heterocycles. The number of esters is 1. The molecule has 0 aliphatic heterocycles. The number of benzene rings is 1. The molecular formula is C18H24N2O8. The molecule has 0 fully saturated rings. The molecule has 0 amide bonds. The zero-order valence-electron chi connectivity index (χ0n) is 16.0. The number of nitro benzene ring substituents is 1. The van der Waals surface area contributed by atoms with Crippen LogP contribution in [0.25, 0.3) is 0 Å². The van der Waals surface area contributed by atoms with Crippen molar-refractivity contribution >= 4 is 23.6 Å². The van der Waals surface area contributed by atoms with Gasteiger partial charge in [0.15, 0.2) is 0 Å². The topological polar surface area (TPSA) is 147 Å². The van der Waals surface area contributed by atoms with Crippen LogP contribution in [0.5, 0.6) is 0 Å². The summed E-state index contributed by atoms with van der Waals surface area (Å²) in [7, 11) is 1.06. The van der Waals surface area contributed by atoms with E-state index in [-0.39, 0.29) is 24.2 Å². The number of carboxylic acids is 2. The second-order valence-corrected chi connectivity index (χ2v) is 6.20. The monoisotopic (exact) mass is 396 g/mol. The Morgan fingerprint density at radius 2 is 1.68 bits per heavy atom. The lowest BCUT2D eigenvalue weighted by molar-refractivity contribution is -0.386. The van der Waals surface area contributed by atoms with Gasteiger partial charge in [0, 0.05) is 12.0 Å². The number of nitrogens with zero attached hydrogens (tertiary/aromatic N) is 2. The molecule has 0 unspecified atom stereocenters. The highest BCUT2D eigenvalue weighted by molar-refractivity contribution is 6.04. The van der Waals surface area contributed by atoms with Crippen LogP contribution in [-0.4, -0.2) is 63.7 Å². The summed E-state index contributed by atoms with van der Waals surface area (Å²) < 4.78 is 4.55. The number of rotatable bonds is 11. The third-order valence-corrected chi connectivity index (χ3v) is 4.39. The van der Waals surface area contributed by atoms with E-state index < -0.39 is 40.5 Å². The van der Waals surface area contributed by atoms with Crippen LogP contribution < -0.4 is 0 Å². The minimum Gasteiger partial charge on any atom is -0.479 e. The van der Waals surface area contributed by atoms with Crippen LogP contribution in [-0.2, 0) is 20.7 Å². The number of aliphatic carboxylic acids is 2. The van der Waals surface area contributed by atoms with Gasteiger partial charge in [-0.05, 0) is 32.0 Å². The molecule has 1 aromatic carbocycles. The van der Waals surface area contributed by atoms with Crippen LogP contribution in [0.4, 0.5) is 5.69 Å². The van der Waals surface area contributed by atoms with Crippen molar-refractivity contribution in [2.75, 3.05) is 20.2 Å². The molecule has 10 nitrogen and oxygen atoms in total. The van der Waals surface area contributed by atoms with E-state index in [0.717, 1.165) is 7.11 Å². The van der Waals surface area contributed by atoms with Gasteiger partial charge in [0.2, 0.25) is 5.54 Å². The number of ether oxygens (including phenoxy) is 1. The average Bonchev–Trinajstić information content (AvgIpc) is 2.64. The van der Waals surface area contributed by atoms with Gasteiger partial charge >= 0.3 is 17.9 Å². The highest BCUT2D eigenvalue weighted by Gasteiger charge is 2.52. The lowest BCUT2D eigenvalue weighted by Crippen LogP contribution is -2.62. The Balaban J connectivity index is 3.69. The molecule has 0 saturated carbocycles. The van der Waals surface area contributed by atoms with Crippen molar-refractivity contribution in [3.05, 3.63) is 39.4 Å². The third kappa shape index (κ3) is 4.45. The maximum atomic E-state index is 12.1. The molecule has 0 atom stereocenters. The average molecular weight is 396 g/mol. The highest BCUT2D eigenvalue weighted by Crippen LogP contribution is 2.31. The molecule has 0 spiro atoms. The van der Waals surface area contributed by atoms with E-state index in [1.165, 1.54) is 23.1 Å². The van der Waals surface area contributed by atoms with Crippen LogP contribution in [0, 0.1) is 10.1 Å². The molecule has 0 aliphatic rings. The lowest BCUT2D eigenvalue weighted by atomic mass is 9.86. The van der Waals surface area contributed by atoms with Crippen molar-refractivity contribution in [2.24, 2.45) is 0 Å². The standard InChI is InChI=1S/C18H24N2O8/c1-4-9-19(10-5-2)18(16(22)23,17(24)25)11-12-7-6-8-13(15(21)28-3)14(12)20(26)27/h6-8H,4-5,9-11H2,1-3H3,(H,22,23)(H,24,25). The van der Waals surface area contributed by atoms with Gasteiger partial charge in [0.25, 0.3) is 5.69 Å². The fourth-order valence-corrected chi connectivity index (χ4v) is 3.16. The maximum Gasteiger partial charge on any atom is 0.344 e. The zero-order chi connectivity index (χ0) is 21.5. The molecule has 0 radical (unpaired) electrons. The van der Waals surface area contributed by atoms with Gasteiger partial charge in [0.1, 0.15) is 5.56 Å². The Bertz CT molecular complexity index is 742. The van der Waals surface area contributed by atoms with Gasteiger partial charge in [-0.1, -0.05) is 26.0 Å². The van der Waals surface area contributed by atoms with Crippen molar-refractivity contribution in [1.29, 1.82) is 0 Å². The minimum absolute atomic E-state index is 0.171. The number of carboxylic acid groups (broad SMARTS) is 2. The molecule has 1 rings (SSSR count). The van der Waals surface area contributed by atoms with E-state index in [1.54, 1.807) is 13.8 Å². The number of para-hydroxylation sites is 1. The molecule has 154 valence electrons. The number of hydrogen-bond acceptors (Lipinski definition) is 7. The predicted octanol–water partition coefficient (Wildman–Crippen LogP) is 1.95. The van der Waals surface area contributed by atoms with E-state index in [2.05, 4.69) is 4.74 Å². The van der Waals surface area contributed by atoms with Crippen molar-refractivity contribution in [3.8, 4) is 0 Å². The zero-order valence-corrected chi connectivity index (χ0v) is 16.0. The first-order valence-electron chi connectivity index (χ1n) is 8.73. The molecule has 0 aromatic heterocycles. The summed E-state index contributed by atoms with van der Waals surface area (Å²) in [6.45, 7) is 3.91. The van der Waals surface area contributed by atoms with Gasteiger partial charge in [-0.15, -0.1) is 0 Å². The SMILES string of the molecule is CCCN(CCC)C(Cc1cccc(C(=O)OC)c1[N+](=O)[O-])(C(=O)O)C(=O)O. The first kappa shape index (κ1) is 23.0. The predicted molar refractivity (Wildman–Crippen MR) is 98.3 cm³/mol. The van der Waals surface area contributed by atoms with E-state index in [0.29, 0.717) is 12.8 Å². The lowest BCUT2D eigenvalue weighted by Gasteiger charge is -2.37. The highest BCUT2D eigenvalue weighted by atomic mass is 16.6. The normalized spacial score (nSPS) is 11.3. The largest absolute Gasteiger partial charge is 0.479 e. The fraction of sp³-hybridized carbons (Fsp3) is 0.500. The Morgan fingerprint density at radius 1 is 1.14 bits per heavy atom. The summed E-state index contributed by atoms with van der Waals surface area (Å²) in [6, 6.07) is 3.75. The molecular weight excluding hydrogens is 372 g/mol. The second kappa shape index (κ2) is 9.79. The summed E-state index contributed by atoms with van der Waals surface area (Å²) in [6.07, 6.45) is 0.304. The summed E-state index contributed by atoms with van der Waals surface area (Å²) in [5, 5.41) is 31.3. The minimum atomic E-state index is -2.41. The van der Waals surface area contributed by atoms with E-state index in [9.17, 15) is 34.7 Å². The summed E-state index contributed by atoms with van der Waals surface area (Å²) >= 11 is 0. The molecule has 2 N–H and O–H groups in total. The molecule has 28 heavy (non-hydrogen) atoms. The quantitative estimate of drug-likeness (QED) is 0.248. The van der Waals surface area contributed by atoms with Crippen LogP contribution >= 0.6 is 0 Å². The van der Waals surface area contributed by atoms with Crippen molar-refractivity contribution in [2.45, 2.75) is 38.6 Å². The summed E-state index contributed by atoms with van der Waals surface area (Å²) in [5.41, 5.74) is -3.61. The van der Waals surface area contributed by atoms with E-state index in [1.807, 2.05) is 0 Å². The summed E-state index contributed by atoms with van der Waals surface area (Å²) in [4.78, 5) is 48.2. The number of carbonyl (C=O) groups is 3. The molecule has 1 aromatic rings. The van der Waals surface area contributed by atoms with Crippen LogP contribution in [0.3, 0.4) is 0 Å². The van der Waals surface area contributed by atoms with E-state index >= 15 is 0 Å². The van der Waals surface area contributed by atoms with Crippen LogP contribution in [0.1, 0.15) is 42.6 Å². The molecule has 0 bridgehead atoms. The molecule has 0 saturated heterocycles. The van der Waals surface area contributed by atoms with Crippen molar-refractivity contribution in [3.63, 3.8) is 0 Å². The summed E-state index contributed by atoms with van der Waals surface area (Å²) in [5.74, 6) is -4.22. The van der Waals surface area contributed by atoms with Crippen molar-refractivity contribution in [1.82, 2.24) is 4.90 Å². The number of carbonyl (C=O) groups excluding carboxylic acids is 1. The van der Waals surface area contributed by atoms with Gasteiger partial charge in [-0.3, -0.25) is 15.0 Å². The Hall–Kier alpha value is -3.01. The Kier molecular flexibility index (Phi) is 8.05. The third-order valence-electron chi connectivity index (χ3n) is 4.39. The Morgan fingerprint density at radius 3 is 2.07 bits per heavy atom. The second-order valence-electron chi connectivity index (χ2n) is 6.20. The van der Waals surface area contributed by atoms with Gasteiger partial charge in [0.05, 0.1) is 12.0 Å². The molecule has 0 aliphatic carbocycles. The number of hydrogen-bond donors (Lipinski definition) is 2. The maximum absolute atomic E-state index is 12.1. The fourth-order valence-electron chi connectivity index (χ4n) is 3.16. The van der Waals surface area contributed by atoms with Crippen LogP contribution in [0.15, 0.2) is 18.2 Å². The van der Waals surface area contributed by atoms with Crippen LogP contribution in [0.2, 0.25) is 0 Å². The van der Waals surface area contributed by atoms with Gasteiger partial charge < -0.3 is 14.9 Å². The number of methoxy groups -OCH3 is 1. The first-order chi connectivity index (χ1) is 13.2. The molecule has 10 heteroatoms. The van der Waals surface area contributed by atoms with Crippen molar-refractivity contribution < 1.29 is 34.3 Å². The van der Waals surface area contributed by atoms with E-state index in [4.69, 9.17) is 0 Å².